The third-order valence-electron chi connectivity index (χ3n) is 10.1. The van der Waals surface area contributed by atoms with E-state index in [9.17, 15) is 0 Å². The summed E-state index contributed by atoms with van der Waals surface area (Å²) in [7, 11) is 0. The Kier molecular flexibility index (Phi) is 103. The maximum Gasteiger partial charge on any atom is -0.0445 e. The molecule has 0 nitrogen and oxygen atoms in total. The molecule has 53 heavy (non-hydrogen) atoms. The summed E-state index contributed by atoms with van der Waals surface area (Å²) in [5, 5.41) is 0. The molecular weight excluding hydrogens is 637 g/mol. The largest absolute Gasteiger partial charge is 0.0683 e. The fourth-order valence-corrected chi connectivity index (χ4v) is 5.69. The molecule has 0 aromatic heterocycles. The lowest BCUT2D eigenvalue weighted by Gasteiger charge is -2.06. The Morgan fingerprint density at radius 1 is 0.208 bits per heavy atom. The molecule has 2 unspecified atom stereocenters. The SMILES string of the molecule is CC.CC.CCCCCCC.CCCCCCCC(C)CC.CCCCCCCC(C)CC.CCCCCCCCCC.CCCCCCCCCC. The molecule has 0 radical (unpaired) electrons. The van der Waals surface area contributed by atoms with Crippen LogP contribution in [0, 0.1) is 11.8 Å². The molecule has 0 spiro atoms. The smallest absolute Gasteiger partial charge is 0.0445 e. The summed E-state index contributed by atoms with van der Waals surface area (Å²) in [5.41, 5.74) is 0. The summed E-state index contributed by atoms with van der Waals surface area (Å²) in [6.07, 6.45) is 49.8. The summed E-state index contributed by atoms with van der Waals surface area (Å²) < 4.78 is 0. The monoisotopic (exact) mass is 757 g/mol. The second-order valence-electron chi connectivity index (χ2n) is 15.7. The van der Waals surface area contributed by atoms with Gasteiger partial charge in [0.1, 0.15) is 0 Å². The Hall–Kier alpha value is 0. The van der Waals surface area contributed by atoms with E-state index in [1.54, 1.807) is 0 Å². The van der Waals surface area contributed by atoms with Crippen molar-refractivity contribution < 1.29 is 0 Å². The van der Waals surface area contributed by atoms with E-state index >= 15 is 0 Å². The summed E-state index contributed by atoms with van der Waals surface area (Å²) in [4.78, 5) is 0. The molecule has 0 saturated carbocycles. The summed E-state index contributed by atoms with van der Waals surface area (Å²) in [6.45, 7) is 35.4. The van der Waals surface area contributed by atoms with Crippen molar-refractivity contribution in [3.63, 3.8) is 0 Å². The van der Waals surface area contributed by atoms with Crippen LogP contribution in [-0.2, 0) is 0 Å². The maximum atomic E-state index is 2.36. The lowest BCUT2D eigenvalue weighted by Crippen LogP contribution is -1.91. The van der Waals surface area contributed by atoms with Crippen LogP contribution >= 0.6 is 0 Å². The van der Waals surface area contributed by atoms with E-state index in [-0.39, 0.29) is 0 Å². The van der Waals surface area contributed by atoms with Gasteiger partial charge in [0.2, 0.25) is 0 Å². The van der Waals surface area contributed by atoms with E-state index in [2.05, 4.69) is 83.1 Å². The van der Waals surface area contributed by atoms with Gasteiger partial charge in [-0.05, 0) is 11.8 Å². The van der Waals surface area contributed by atoms with Crippen molar-refractivity contribution in [3.05, 3.63) is 0 Å². The second kappa shape index (κ2) is 80.5. The molecule has 0 amide bonds. The van der Waals surface area contributed by atoms with Gasteiger partial charge in [-0.15, -0.1) is 0 Å². The van der Waals surface area contributed by atoms with Crippen molar-refractivity contribution in [2.75, 3.05) is 0 Å². The van der Waals surface area contributed by atoms with Gasteiger partial charge < -0.3 is 0 Å². The maximum absolute atomic E-state index is 2.36. The molecular formula is C53H120. The highest BCUT2D eigenvalue weighted by Gasteiger charge is 1.98. The standard InChI is InChI=1S/2C11H24.2C10H22.C7H16.2C2H6/c2*1-4-6-7-8-9-10-11(3)5-2;2*1-3-5-7-9-10-8-6-4-2;1-3-5-7-6-4-2;2*1-2/h2*11H,4-10H2,1-3H3;2*3-10H2,1-2H3;3-7H2,1-2H3;2*1-2H3. The van der Waals surface area contributed by atoms with Crippen molar-refractivity contribution in [2.45, 2.75) is 336 Å². The molecule has 0 heteroatoms. The molecule has 2 atom stereocenters. The first-order valence-corrected chi connectivity index (χ1v) is 25.9. The minimum absolute atomic E-state index is 0.955. The number of rotatable bonds is 32. The zero-order valence-electron chi connectivity index (χ0n) is 41.9. The van der Waals surface area contributed by atoms with Crippen molar-refractivity contribution in [2.24, 2.45) is 11.8 Å². The van der Waals surface area contributed by atoms with Crippen LogP contribution in [-0.4, -0.2) is 0 Å². The van der Waals surface area contributed by atoms with Gasteiger partial charge in [-0.25, -0.2) is 0 Å². The fraction of sp³-hybridized carbons (Fsp3) is 1.00. The summed E-state index contributed by atoms with van der Waals surface area (Å²) >= 11 is 0. The van der Waals surface area contributed by atoms with Gasteiger partial charge >= 0.3 is 0 Å². The van der Waals surface area contributed by atoms with Crippen LogP contribution in [0.25, 0.3) is 0 Å². The molecule has 0 rings (SSSR count). The summed E-state index contributed by atoms with van der Waals surface area (Å²) in [6, 6.07) is 0. The fourth-order valence-electron chi connectivity index (χ4n) is 5.69. The van der Waals surface area contributed by atoms with Crippen LogP contribution in [0.5, 0.6) is 0 Å². The van der Waals surface area contributed by atoms with Crippen molar-refractivity contribution in [1.82, 2.24) is 0 Å². The molecule has 0 aliphatic carbocycles. The van der Waals surface area contributed by atoms with Gasteiger partial charge in [0.15, 0.2) is 0 Å². The molecule has 332 valence electrons. The minimum Gasteiger partial charge on any atom is -0.0683 e. The highest BCUT2D eigenvalue weighted by molar-refractivity contribution is 4.52. The third-order valence-corrected chi connectivity index (χ3v) is 10.1. The average Bonchev–Trinajstić information content (AvgIpc) is 3.20. The Morgan fingerprint density at radius 2 is 0.340 bits per heavy atom. The van der Waals surface area contributed by atoms with E-state index in [4.69, 9.17) is 0 Å². The van der Waals surface area contributed by atoms with Crippen LogP contribution in [0.15, 0.2) is 0 Å². The highest BCUT2D eigenvalue weighted by Crippen LogP contribution is 2.14. The van der Waals surface area contributed by atoms with E-state index in [1.807, 2.05) is 27.7 Å². The molecule has 0 aromatic rings. The minimum atomic E-state index is 0.955. The normalized spacial score (nSPS) is 10.9. The number of unbranched alkanes of at least 4 members (excludes halogenated alkanes) is 26. The van der Waals surface area contributed by atoms with Gasteiger partial charge in [-0.3, -0.25) is 0 Å². The predicted octanol–water partition coefficient (Wildman–Crippen LogP) is 22.1. The van der Waals surface area contributed by atoms with Crippen molar-refractivity contribution in [3.8, 4) is 0 Å². The van der Waals surface area contributed by atoms with Gasteiger partial charge in [0.25, 0.3) is 0 Å². The Labute approximate surface area is 346 Å². The third kappa shape index (κ3) is 100. The molecule has 0 bridgehead atoms. The molecule has 0 saturated heterocycles. The summed E-state index contributed by atoms with van der Waals surface area (Å²) in [5.74, 6) is 1.91. The first kappa shape index (κ1) is 67.7. The van der Waals surface area contributed by atoms with Crippen LogP contribution in [0.1, 0.15) is 336 Å². The van der Waals surface area contributed by atoms with Gasteiger partial charge in [0, 0.05) is 0 Å². The molecule has 0 aliphatic rings. The topological polar surface area (TPSA) is 0 Å². The first-order chi connectivity index (χ1) is 25.9. The van der Waals surface area contributed by atoms with Crippen LogP contribution in [0.4, 0.5) is 0 Å². The molecule has 0 N–H and O–H groups in total. The molecule has 0 aromatic carbocycles. The number of hydrogen-bond donors (Lipinski definition) is 0. The lowest BCUT2D eigenvalue weighted by atomic mass is 10.0. The van der Waals surface area contributed by atoms with Crippen molar-refractivity contribution in [1.29, 1.82) is 0 Å². The van der Waals surface area contributed by atoms with Crippen molar-refractivity contribution >= 4 is 0 Å². The first-order valence-electron chi connectivity index (χ1n) is 25.9. The second-order valence-corrected chi connectivity index (χ2v) is 15.7. The van der Waals surface area contributed by atoms with E-state index in [0.29, 0.717) is 0 Å². The van der Waals surface area contributed by atoms with Gasteiger partial charge in [0.05, 0.1) is 0 Å². The Balaban J connectivity index is -0.0000000979. The van der Waals surface area contributed by atoms with Gasteiger partial charge in [-0.2, -0.15) is 0 Å². The Morgan fingerprint density at radius 3 is 0.491 bits per heavy atom. The molecule has 0 aliphatic heterocycles. The Bertz CT molecular complexity index is 383. The van der Waals surface area contributed by atoms with E-state index < -0.39 is 0 Å². The van der Waals surface area contributed by atoms with E-state index in [0.717, 1.165) is 11.8 Å². The van der Waals surface area contributed by atoms with E-state index in [1.165, 1.54) is 225 Å². The molecule has 0 heterocycles. The average molecular weight is 758 g/mol. The van der Waals surface area contributed by atoms with Gasteiger partial charge in [-0.1, -0.05) is 336 Å². The zero-order chi connectivity index (χ0) is 41.9. The zero-order valence-corrected chi connectivity index (χ0v) is 41.9. The quantitative estimate of drug-likeness (QED) is 0.0600. The van der Waals surface area contributed by atoms with Crippen LogP contribution in [0.2, 0.25) is 0 Å². The highest BCUT2D eigenvalue weighted by atomic mass is 14.0. The number of hydrogen-bond acceptors (Lipinski definition) is 0. The van der Waals surface area contributed by atoms with Crippen LogP contribution < -0.4 is 0 Å². The molecule has 0 fully saturated rings. The lowest BCUT2D eigenvalue weighted by molar-refractivity contribution is 0.474. The predicted molar refractivity (Wildman–Crippen MR) is 259 cm³/mol. The van der Waals surface area contributed by atoms with Crippen LogP contribution in [0.3, 0.4) is 0 Å².